The number of hydrogen-bond donors (Lipinski definition) is 3. The van der Waals surface area contributed by atoms with E-state index in [4.69, 9.17) is 27.5 Å². The van der Waals surface area contributed by atoms with E-state index >= 15 is 0 Å². The molecule has 2 aliphatic rings. The summed E-state index contributed by atoms with van der Waals surface area (Å²) in [7, 11) is 0. The van der Waals surface area contributed by atoms with Crippen LogP contribution >= 0.6 is 11.6 Å². The lowest BCUT2D eigenvalue weighted by Gasteiger charge is -2.26. The molecule has 0 aromatic heterocycles. The second-order valence-electron chi connectivity index (χ2n) is 9.46. The highest BCUT2D eigenvalue weighted by Crippen LogP contribution is 2.33. The first-order valence-electron chi connectivity index (χ1n) is 12.2. The van der Waals surface area contributed by atoms with Crippen molar-refractivity contribution in [3.8, 4) is 0 Å². The second kappa shape index (κ2) is 13.4. The molecule has 0 bridgehead atoms. The first-order valence-corrected chi connectivity index (χ1v) is 12.6. The lowest BCUT2D eigenvalue weighted by molar-refractivity contribution is -0.134. The highest BCUT2D eigenvalue weighted by molar-refractivity contribution is 6.30. The number of halogens is 4. The molecule has 9 nitrogen and oxygen atoms in total. The van der Waals surface area contributed by atoms with Gasteiger partial charge in [0.2, 0.25) is 5.91 Å². The number of fused-ring (bicyclic) bond motifs is 1. The van der Waals surface area contributed by atoms with Crippen molar-refractivity contribution >= 4 is 35.4 Å². The molecule has 2 fully saturated rings. The molecular weight excluding hydrogens is 555 g/mol. The summed E-state index contributed by atoms with van der Waals surface area (Å²) in [5.41, 5.74) is 6.47. The van der Waals surface area contributed by atoms with Gasteiger partial charge < -0.3 is 25.7 Å². The van der Waals surface area contributed by atoms with Gasteiger partial charge in [0, 0.05) is 66.8 Å². The lowest BCUT2D eigenvalue weighted by atomic mass is 10.0. The molecule has 2 heterocycles. The predicted molar refractivity (Wildman–Crippen MR) is 138 cm³/mol. The number of carbonyl (C=O) groups excluding carboxylic acids is 2. The van der Waals surface area contributed by atoms with E-state index in [-0.39, 0.29) is 42.2 Å². The zero-order chi connectivity index (χ0) is 29.6. The third-order valence-corrected chi connectivity index (χ3v) is 6.84. The molecule has 0 unspecified atom stereocenters. The van der Waals surface area contributed by atoms with Gasteiger partial charge in [-0.05, 0) is 42.7 Å². The molecule has 2 aliphatic heterocycles. The summed E-state index contributed by atoms with van der Waals surface area (Å²) < 4.78 is 40.4. The van der Waals surface area contributed by atoms with Gasteiger partial charge in [-0.2, -0.15) is 0 Å². The fourth-order valence-electron chi connectivity index (χ4n) is 4.80. The molecule has 13 heteroatoms. The average Bonchev–Trinajstić information content (AvgIpc) is 3.47. The largest absolute Gasteiger partial charge is 0.478 e. The van der Waals surface area contributed by atoms with Crippen molar-refractivity contribution in [2.75, 3.05) is 19.6 Å². The number of nitrogens with zero attached hydrogens (tertiary/aromatic N) is 2. The van der Waals surface area contributed by atoms with E-state index in [1.807, 2.05) is 0 Å². The van der Waals surface area contributed by atoms with E-state index < -0.39 is 35.4 Å². The van der Waals surface area contributed by atoms with E-state index in [9.17, 15) is 32.3 Å². The Morgan fingerprint density at radius 2 is 1.65 bits per heavy atom. The van der Waals surface area contributed by atoms with Gasteiger partial charge in [0.25, 0.3) is 5.91 Å². The van der Waals surface area contributed by atoms with E-state index in [0.717, 1.165) is 12.5 Å². The van der Waals surface area contributed by atoms with Crippen molar-refractivity contribution in [2.24, 2.45) is 11.7 Å². The molecule has 2 amide bonds. The minimum atomic E-state index is -1.27. The smallest absolute Gasteiger partial charge is 0.328 e. The summed E-state index contributed by atoms with van der Waals surface area (Å²) in [5, 5.41) is 16.1. The van der Waals surface area contributed by atoms with Gasteiger partial charge in [-0.25, -0.2) is 22.8 Å². The molecule has 2 saturated heterocycles. The predicted octanol–water partition coefficient (Wildman–Crippen LogP) is 3.10. The third-order valence-electron chi connectivity index (χ3n) is 6.60. The maximum Gasteiger partial charge on any atom is 0.328 e. The van der Waals surface area contributed by atoms with Gasteiger partial charge >= 0.3 is 11.9 Å². The molecule has 214 valence electrons. The molecule has 2 aromatic carbocycles. The number of benzene rings is 2. The molecule has 4 rings (SSSR count). The highest BCUT2D eigenvalue weighted by Gasteiger charge is 2.44. The van der Waals surface area contributed by atoms with Crippen LogP contribution in [0.2, 0.25) is 5.02 Å². The van der Waals surface area contributed by atoms with Gasteiger partial charge in [-0.3, -0.25) is 9.59 Å². The van der Waals surface area contributed by atoms with Crippen LogP contribution in [-0.4, -0.2) is 75.5 Å². The van der Waals surface area contributed by atoms with Crippen molar-refractivity contribution in [2.45, 2.75) is 31.3 Å². The van der Waals surface area contributed by atoms with Crippen molar-refractivity contribution in [1.29, 1.82) is 0 Å². The lowest BCUT2D eigenvalue weighted by Crippen LogP contribution is -2.43. The van der Waals surface area contributed by atoms with Crippen LogP contribution in [-0.2, 0) is 20.8 Å². The highest BCUT2D eigenvalue weighted by atomic mass is 35.5. The zero-order valence-electron chi connectivity index (χ0n) is 21.1. The Labute approximate surface area is 232 Å². The number of carboxylic acids is 2. The molecule has 4 N–H and O–H groups in total. The summed E-state index contributed by atoms with van der Waals surface area (Å²) in [4.78, 5) is 48.3. The number of rotatable bonds is 7. The quantitative estimate of drug-likeness (QED) is 0.337. The van der Waals surface area contributed by atoms with Crippen LogP contribution < -0.4 is 5.73 Å². The minimum absolute atomic E-state index is 0.0517. The number of amides is 2. The van der Waals surface area contributed by atoms with E-state index in [1.165, 1.54) is 0 Å². The third kappa shape index (κ3) is 8.06. The number of carbonyl (C=O) groups is 4. The zero-order valence-corrected chi connectivity index (χ0v) is 21.9. The van der Waals surface area contributed by atoms with Gasteiger partial charge in [-0.1, -0.05) is 17.7 Å². The molecule has 0 aliphatic carbocycles. The van der Waals surface area contributed by atoms with E-state index in [0.29, 0.717) is 48.4 Å². The maximum atomic E-state index is 13.9. The van der Waals surface area contributed by atoms with Crippen LogP contribution in [0.5, 0.6) is 0 Å². The first-order chi connectivity index (χ1) is 18.8. The summed E-state index contributed by atoms with van der Waals surface area (Å²) in [6.07, 6.45) is 1.76. The standard InChI is InChI=1S/C23H23ClF3N3O2.C4H4O4/c24-16-3-1-2-13(6-16)23(32)29-11-14-4-5-30(21(14)12-29)22(31)9-17(28)7-15-8-19(26)20(27)10-18(15)25;5-3(6)1-2-4(7)8/h1-3,6,8,10,14,17,21H,4-5,7,9,11-12,28H2;1-2H,(H,5,6)(H,7,8)/t14-,17+,21+;/m0./s1. The van der Waals surface area contributed by atoms with Crippen LogP contribution in [0.15, 0.2) is 48.6 Å². The maximum absolute atomic E-state index is 13.9. The topological polar surface area (TPSA) is 141 Å². The van der Waals surface area contributed by atoms with Crippen molar-refractivity contribution in [3.05, 3.63) is 82.2 Å². The molecule has 0 radical (unpaired) electrons. The Kier molecular flexibility index (Phi) is 10.3. The van der Waals surface area contributed by atoms with Crippen molar-refractivity contribution in [3.63, 3.8) is 0 Å². The Bertz CT molecular complexity index is 1310. The Hall–Kier alpha value is -3.90. The SMILES string of the molecule is N[C@@H](CC(=O)N1CC[C@H]2CN(C(=O)c3cccc(Cl)c3)C[C@H]21)Cc1cc(F)c(F)cc1F.O=C(O)C=CC(=O)O. The molecular formula is C27H27ClF3N3O6. The monoisotopic (exact) mass is 581 g/mol. The van der Waals surface area contributed by atoms with E-state index in [1.54, 1.807) is 34.1 Å². The van der Waals surface area contributed by atoms with Crippen molar-refractivity contribution in [1.82, 2.24) is 9.80 Å². The van der Waals surface area contributed by atoms with Crippen LogP contribution in [0.25, 0.3) is 0 Å². The number of carboxylic acid groups (broad SMARTS) is 2. The Morgan fingerprint density at radius 3 is 2.27 bits per heavy atom. The summed E-state index contributed by atoms with van der Waals surface area (Å²) in [5.74, 6) is -5.96. The molecule has 2 aromatic rings. The summed E-state index contributed by atoms with van der Waals surface area (Å²) >= 11 is 5.99. The minimum Gasteiger partial charge on any atom is -0.478 e. The molecule has 3 atom stereocenters. The van der Waals surface area contributed by atoms with Gasteiger partial charge in [0.05, 0.1) is 6.04 Å². The Morgan fingerprint density at radius 1 is 1.00 bits per heavy atom. The van der Waals surface area contributed by atoms with Gasteiger partial charge in [-0.15, -0.1) is 0 Å². The molecule has 0 spiro atoms. The fraction of sp³-hybridized carbons (Fsp3) is 0.333. The number of aliphatic carboxylic acids is 2. The molecule has 0 saturated carbocycles. The van der Waals surface area contributed by atoms with Gasteiger partial charge in [0.15, 0.2) is 11.6 Å². The normalized spacial score (nSPS) is 18.7. The van der Waals surface area contributed by atoms with Crippen molar-refractivity contribution < 1.29 is 42.6 Å². The average molecular weight is 582 g/mol. The Balaban J connectivity index is 0.000000482. The number of likely N-dealkylation sites (tertiary alicyclic amines) is 2. The van der Waals surface area contributed by atoms with Crippen LogP contribution in [0.3, 0.4) is 0 Å². The second-order valence-corrected chi connectivity index (χ2v) is 9.90. The summed E-state index contributed by atoms with van der Waals surface area (Å²) in [6, 6.07) is 7.17. The first kappa shape index (κ1) is 30.6. The van der Waals surface area contributed by atoms with Gasteiger partial charge in [0.1, 0.15) is 5.82 Å². The fourth-order valence-corrected chi connectivity index (χ4v) is 4.99. The van der Waals surface area contributed by atoms with Crippen LogP contribution in [0.4, 0.5) is 13.2 Å². The molecule has 40 heavy (non-hydrogen) atoms. The van der Waals surface area contributed by atoms with E-state index in [2.05, 4.69) is 0 Å². The summed E-state index contributed by atoms with van der Waals surface area (Å²) in [6.45, 7) is 1.56. The van der Waals surface area contributed by atoms with Crippen LogP contribution in [0.1, 0.15) is 28.8 Å². The number of hydrogen-bond acceptors (Lipinski definition) is 5. The van der Waals surface area contributed by atoms with Crippen LogP contribution in [0, 0.1) is 23.4 Å². The number of nitrogens with two attached hydrogens (primary N) is 1.